The summed E-state index contributed by atoms with van der Waals surface area (Å²) in [6.45, 7) is 0. The Morgan fingerprint density at radius 3 is 2.60 bits per heavy atom. The van der Waals surface area contributed by atoms with Gasteiger partial charge in [-0.3, -0.25) is 0 Å². The normalized spacial score (nSPS) is 9.60. The van der Waals surface area contributed by atoms with Crippen LogP contribution in [0.1, 0.15) is 5.56 Å². The maximum atomic E-state index is 13.6. The van der Waals surface area contributed by atoms with Crippen molar-refractivity contribution in [3.63, 3.8) is 0 Å². The van der Waals surface area contributed by atoms with Crippen molar-refractivity contribution in [2.45, 2.75) is 0 Å². The molecule has 2 N–H and O–H groups in total. The number of benzene rings is 2. The van der Waals surface area contributed by atoms with Gasteiger partial charge in [0.25, 0.3) is 0 Å². The van der Waals surface area contributed by atoms with E-state index < -0.39 is 11.9 Å². The van der Waals surface area contributed by atoms with Gasteiger partial charge in [-0.05, 0) is 30.3 Å². The molecule has 0 unspecified atom stereocenters. The molecule has 0 radical (unpaired) electrons. The number of amides is 1. The first-order valence-electron chi connectivity index (χ1n) is 5.60. The molecule has 20 heavy (non-hydrogen) atoms. The minimum absolute atomic E-state index is 0.244. The first-order valence-corrected chi connectivity index (χ1v) is 5.60. The molecule has 0 aliphatic rings. The molecule has 4 nitrogen and oxygen atoms in total. The lowest BCUT2D eigenvalue weighted by molar-refractivity contribution is 0.208. The summed E-state index contributed by atoms with van der Waals surface area (Å²) < 4.78 is 23.5. The second-order valence-electron chi connectivity index (χ2n) is 3.79. The molecular formula is C15H10FNO3. The molecule has 2 aromatic carbocycles. The molecule has 0 atom stereocenters. The Kier molecular flexibility index (Phi) is 3.87. The van der Waals surface area contributed by atoms with Crippen molar-refractivity contribution in [3.8, 4) is 29.6 Å². The van der Waals surface area contributed by atoms with Gasteiger partial charge >= 0.3 is 6.09 Å². The Morgan fingerprint density at radius 1 is 1.20 bits per heavy atom. The number of hydrogen-bond donors (Lipinski definition) is 1. The van der Waals surface area contributed by atoms with E-state index >= 15 is 0 Å². The molecule has 100 valence electrons. The molecule has 1 amide bonds. The molecule has 0 heterocycles. The highest BCUT2D eigenvalue weighted by Crippen LogP contribution is 2.27. The molecule has 2 rings (SSSR count). The molecule has 5 heteroatoms. The lowest BCUT2D eigenvalue weighted by Gasteiger charge is -2.08. The van der Waals surface area contributed by atoms with Crippen LogP contribution in [0.4, 0.5) is 9.18 Å². The third-order valence-electron chi connectivity index (χ3n) is 2.35. The average molecular weight is 271 g/mol. The predicted octanol–water partition coefficient (Wildman–Crippen LogP) is 3.06. The van der Waals surface area contributed by atoms with Crippen molar-refractivity contribution in [2.75, 3.05) is 0 Å². The summed E-state index contributed by atoms with van der Waals surface area (Å²) in [7, 11) is 0. The number of carbonyl (C=O) groups is 1. The zero-order chi connectivity index (χ0) is 14.5. The molecule has 0 saturated carbocycles. The van der Waals surface area contributed by atoms with Crippen molar-refractivity contribution in [1.29, 1.82) is 0 Å². The fraction of sp³-hybridized carbons (Fsp3) is 0. The topological polar surface area (TPSA) is 61.6 Å². The van der Waals surface area contributed by atoms with Crippen LogP contribution in [0.3, 0.4) is 0 Å². The maximum absolute atomic E-state index is 13.6. The number of halogens is 1. The maximum Gasteiger partial charge on any atom is 0.410 e. The van der Waals surface area contributed by atoms with E-state index in [-0.39, 0.29) is 11.5 Å². The van der Waals surface area contributed by atoms with Gasteiger partial charge in [-0.1, -0.05) is 12.0 Å². The minimum Gasteiger partial charge on any atom is -0.457 e. The Hall–Kier alpha value is -3.00. The zero-order valence-corrected chi connectivity index (χ0v) is 10.3. The molecule has 2 aromatic rings. The summed E-state index contributed by atoms with van der Waals surface area (Å²) >= 11 is 0. The predicted molar refractivity (Wildman–Crippen MR) is 71.1 cm³/mol. The highest BCUT2D eigenvalue weighted by Gasteiger charge is 2.08. The van der Waals surface area contributed by atoms with Gasteiger partial charge < -0.3 is 15.2 Å². The van der Waals surface area contributed by atoms with Gasteiger partial charge in [-0.15, -0.1) is 6.42 Å². The number of primary amides is 1. The Bertz CT molecular complexity index is 692. The second-order valence-corrected chi connectivity index (χ2v) is 3.79. The quantitative estimate of drug-likeness (QED) is 0.873. The van der Waals surface area contributed by atoms with Crippen LogP contribution in [0, 0.1) is 18.2 Å². The molecule has 0 aromatic heterocycles. The summed E-state index contributed by atoms with van der Waals surface area (Å²) in [6.07, 6.45) is 4.19. The van der Waals surface area contributed by atoms with Crippen molar-refractivity contribution in [2.24, 2.45) is 5.73 Å². The lowest BCUT2D eigenvalue weighted by Crippen LogP contribution is -2.16. The molecule has 0 aliphatic carbocycles. The lowest BCUT2D eigenvalue weighted by atomic mass is 10.2. The van der Waals surface area contributed by atoms with Crippen LogP contribution in [0.15, 0.2) is 42.5 Å². The third-order valence-corrected chi connectivity index (χ3v) is 2.35. The highest BCUT2D eigenvalue weighted by molar-refractivity contribution is 5.68. The second kappa shape index (κ2) is 5.76. The van der Waals surface area contributed by atoms with Crippen molar-refractivity contribution in [1.82, 2.24) is 0 Å². The number of hydrogen-bond acceptors (Lipinski definition) is 3. The van der Waals surface area contributed by atoms with Crippen LogP contribution in [0.2, 0.25) is 0 Å². The van der Waals surface area contributed by atoms with E-state index in [9.17, 15) is 9.18 Å². The van der Waals surface area contributed by atoms with Gasteiger partial charge in [0, 0.05) is 11.6 Å². The number of nitrogens with two attached hydrogens (primary N) is 1. The van der Waals surface area contributed by atoms with E-state index in [1.54, 1.807) is 24.3 Å². The van der Waals surface area contributed by atoms with Crippen LogP contribution in [-0.2, 0) is 0 Å². The van der Waals surface area contributed by atoms with E-state index in [1.807, 2.05) is 0 Å². The summed E-state index contributed by atoms with van der Waals surface area (Å²) in [5, 5.41) is 0. The Labute approximate surface area is 114 Å². The van der Waals surface area contributed by atoms with Gasteiger partial charge in [-0.25, -0.2) is 9.18 Å². The van der Waals surface area contributed by atoms with Crippen LogP contribution in [0.5, 0.6) is 17.2 Å². The number of terminal acetylenes is 1. The number of ether oxygens (including phenoxy) is 2. The summed E-state index contributed by atoms with van der Waals surface area (Å²) in [4.78, 5) is 10.6. The van der Waals surface area contributed by atoms with Crippen molar-refractivity contribution in [3.05, 3.63) is 53.8 Å². The molecule has 0 bridgehead atoms. The van der Waals surface area contributed by atoms with E-state index in [2.05, 4.69) is 10.7 Å². The van der Waals surface area contributed by atoms with Gasteiger partial charge in [-0.2, -0.15) is 0 Å². The Balaban J connectivity index is 2.20. The van der Waals surface area contributed by atoms with E-state index in [0.29, 0.717) is 11.3 Å². The van der Waals surface area contributed by atoms with E-state index in [0.717, 1.165) is 6.07 Å². The largest absolute Gasteiger partial charge is 0.457 e. The molecule has 0 spiro atoms. The first-order chi connectivity index (χ1) is 9.58. The standard InChI is InChI=1S/C15H10FNO3/c1-2-10-4-3-5-11(8-10)19-12-6-7-14(13(16)9-12)20-15(17)18/h1,3-9H,(H2,17,18). The third kappa shape index (κ3) is 3.27. The summed E-state index contributed by atoms with van der Waals surface area (Å²) in [6, 6.07) is 10.6. The average Bonchev–Trinajstić information content (AvgIpc) is 2.42. The van der Waals surface area contributed by atoms with Crippen molar-refractivity contribution >= 4 is 6.09 Å². The van der Waals surface area contributed by atoms with Crippen LogP contribution >= 0.6 is 0 Å². The summed E-state index contributed by atoms with van der Waals surface area (Å²) in [5.74, 6) is 2.17. The fourth-order valence-electron chi connectivity index (χ4n) is 1.52. The smallest absolute Gasteiger partial charge is 0.410 e. The van der Waals surface area contributed by atoms with Crippen LogP contribution in [-0.4, -0.2) is 6.09 Å². The number of carbonyl (C=O) groups excluding carboxylic acids is 1. The fourth-order valence-corrected chi connectivity index (χ4v) is 1.52. The molecule has 0 saturated heterocycles. The highest BCUT2D eigenvalue weighted by atomic mass is 19.1. The van der Waals surface area contributed by atoms with Gasteiger partial charge in [0.1, 0.15) is 11.5 Å². The molecule has 0 fully saturated rings. The van der Waals surface area contributed by atoms with E-state index in [4.69, 9.17) is 16.9 Å². The first kappa shape index (κ1) is 13.4. The molecular weight excluding hydrogens is 261 g/mol. The monoisotopic (exact) mass is 271 g/mol. The SMILES string of the molecule is C#Cc1cccc(Oc2ccc(OC(N)=O)c(F)c2)c1. The Morgan fingerprint density at radius 2 is 1.95 bits per heavy atom. The van der Waals surface area contributed by atoms with Crippen molar-refractivity contribution < 1.29 is 18.7 Å². The zero-order valence-electron chi connectivity index (χ0n) is 10.3. The van der Waals surface area contributed by atoms with Gasteiger partial charge in [0.15, 0.2) is 11.6 Å². The van der Waals surface area contributed by atoms with Gasteiger partial charge in [0.05, 0.1) is 0 Å². The number of rotatable bonds is 3. The van der Waals surface area contributed by atoms with Crippen LogP contribution < -0.4 is 15.2 Å². The minimum atomic E-state index is -1.08. The van der Waals surface area contributed by atoms with Gasteiger partial charge in [0.2, 0.25) is 0 Å². The summed E-state index contributed by atoms with van der Waals surface area (Å²) in [5.41, 5.74) is 5.46. The molecule has 0 aliphatic heterocycles. The van der Waals surface area contributed by atoms with Crippen LogP contribution in [0.25, 0.3) is 0 Å². The van der Waals surface area contributed by atoms with E-state index in [1.165, 1.54) is 12.1 Å².